The van der Waals surface area contributed by atoms with Gasteiger partial charge in [0.05, 0.1) is 0 Å². The minimum atomic E-state index is -0.173. The van der Waals surface area contributed by atoms with E-state index in [1.165, 1.54) is 5.56 Å². The number of aliphatic hydroxyl groups is 1. The lowest BCUT2D eigenvalue weighted by Gasteiger charge is -2.19. The molecule has 0 saturated carbocycles. The minimum absolute atomic E-state index is 0.00988. The van der Waals surface area contributed by atoms with Crippen molar-refractivity contribution in [3.05, 3.63) is 29.8 Å². The number of benzene rings is 1. The lowest BCUT2D eigenvalue weighted by molar-refractivity contribution is -0.124. The molecule has 0 heterocycles. The Hall–Kier alpha value is -1.55. The van der Waals surface area contributed by atoms with Crippen LogP contribution in [-0.2, 0) is 4.79 Å². The van der Waals surface area contributed by atoms with Gasteiger partial charge in [-0.3, -0.25) is 4.79 Å². The largest absolute Gasteiger partial charge is 0.484 e. The van der Waals surface area contributed by atoms with Crippen LogP contribution in [0.15, 0.2) is 24.3 Å². The van der Waals surface area contributed by atoms with Gasteiger partial charge in [0.1, 0.15) is 5.75 Å². The summed E-state index contributed by atoms with van der Waals surface area (Å²) in [5, 5.41) is 11.8. The van der Waals surface area contributed by atoms with Gasteiger partial charge in [-0.15, -0.1) is 0 Å². The van der Waals surface area contributed by atoms with Crippen molar-refractivity contribution in [3.63, 3.8) is 0 Å². The summed E-state index contributed by atoms with van der Waals surface area (Å²) < 4.78 is 5.50. The standard InChI is InChI=1S/C16H25NO3/c1-11(2)14-6-5-7-15(8-14)20-10-16(19)17-13(4)12(3)9-18/h5-8,11-13,18H,9-10H2,1-4H3,(H,17,19). The van der Waals surface area contributed by atoms with Crippen molar-refractivity contribution in [1.82, 2.24) is 5.32 Å². The van der Waals surface area contributed by atoms with Crippen molar-refractivity contribution >= 4 is 5.91 Å². The minimum Gasteiger partial charge on any atom is -0.484 e. The summed E-state index contributed by atoms with van der Waals surface area (Å²) in [4.78, 5) is 11.7. The summed E-state index contributed by atoms with van der Waals surface area (Å²) in [5.74, 6) is 0.989. The van der Waals surface area contributed by atoms with E-state index in [9.17, 15) is 4.79 Å². The molecular formula is C16H25NO3. The van der Waals surface area contributed by atoms with Crippen molar-refractivity contribution in [2.24, 2.45) is 5.92 Å². The Labute approximate surface area is 121 Å². The van der Waals surface area contributed by atoms with Gasteiger partial charge in [0.2, 0.25) is 0 Å². The maximum absolute atomic E-state index is 11.7. The zero-order chi connectivity index (χ0) is 15.1. The monoisotopic (exact) mass is 279 g/mol. The maximum Gasteiger partial charge on any atom is 0.258 e. The third-order valence-corrected chi connectivity index (χ3v) is 3.42. The number of ether oxygens (including phenoxy) is 1. The number of nitrogens with one attached hydrogen (secondary N) is 1. The van der Waals surface area contributed by atoms with Crippen LogP contribution < -0.4 is 10.1 Å². The SMILES string of the molecule is CC(C)c1cccc(OCC(=O)NC(C)C(C)CO)c1. The third kappa shape index (κ3) is 5.21. The quantitative estimate of drug-likeness (QED) is 0.805. The molecule has 4 heteroatoms. The van der Waals surface area contributed by atoms with E-state index < -0.39 is 0 Å². The van der Waals surface area contributed by atoms with E-state index in [2.05, 4.69) is 19.2 Å². The third-order valence-electron chi connectivity index (χ3n) is 3.42. The van der Waals surface area contributed by atoms with Crippen molar-refractivity contribution in [2.45, 2.75) is 39.7 Å². The van der Waals surface area contributed by atoms with E-state index in [0.29, 0.717) is 11.7 Å². The molecule has 112 valence electrons. The Morgan fingerprint density at radius 3 is 2.60 bits per heavy atom. The number of hydrogen-bond acceptors (Lipinski definition) is 3. The number of carbonyl (C=O) groups is 1. The van der Waals surface area contributed by atoms with Crippen LogP contribution in [0.25, 0.3) is 0 Å². The van der Waals surface area contributed by atoms with Gasteiger partial charge in [-0.25, -0.2) is 0 Å². The second-order valence-corrected chi connectivity index (χ2v) is 5.53. The highest BCUT2D eigenvalue weighted by atomic mass is 16.5. The van der Waals surface area contributed by atoms with E-state index in [4.69, 9.17) is 9.84 Å². The fourth-order valence-corrected chi connectivity index (χ4v) is 1.71. The van der Waals surface area contributed by atoms with E-state index in [0.717, 1.165) is 0 Å². The first kappa shape index (κ1) is 16.5. The fourth-order valence-electron chi connectivity index (χ4n) is 1.71. The molecule has 0 aliphatic rings. The number of amides is 1. The average molecular weight is 279 g/mol. The van der Waals surface area contributed by atoms with Crippen molar-refractivity contribution in [2.75, 3.05) is 13.2 Å². The highest BCUT2D eigenvalue weighted by molar-refractivity contribution is 5.77. The van der Waals surface area contributed by atoms with E-state index in [-0.39, 0.29) is 31.1 Å². The molecule has 0 saturated heterocycles. The average Bonchev–Trinajstić information content (AvgIpc) is 2.44. The fraction of sp³-hybridized carbons (Fsp3) is 0.562. The lowest BCUT2D eigenvalue weighted by Crippen LogP contribution is -2.40. The van der Waals surface area contributed by atoms with Crippen LogP contribution in [0, 0.1) is 5.92 Å². The van der Waals surface area contributed by atoms with Crippen molar-refractivity contribution < 1.29 is 14.6 Å². The van der Waals surface area contributed by atoms with Crippen LogP contribution in [0.2, 0.25) is 0 Å². The Balaban J connectivity index is 2.47. The maximum atomic E-state index is 11.7. The Bertz CT molecular complexity index is 431. The van der Waals surface area contributed by atoms with Gasteiger partial charge in [0.25, 0.3) is 5.91 Å². The zero-order valence-electron chi connectivity index (χ0n) is 12.7. The summed E-state index contributed by atoms with van der Waals surface area (Å²) in [7, 11) is 0. The molecule has 0 aliphatic heterocycles. The molecule has 0 bridgehead atoms. The number of carbonyl (C=O) groups excluding carboxylic acids is 1. The molecule has 2 N–H and O–H groups in total. The van der Waals surface area contributed by atoms with Gasteiger partial charge >= 0.3 is 0 Å². The van der Waals surface area contributed by atoms with E-state index in [1.54, 1.807) is 0 Å². The molecule has 20 heavy (non-hydrogen) atoms. The van der Waals surface area contributed by atoms with Gasteiger partial charge in [0, 0.05) is 12.6 Å². The van der Waals surface area contributed by atoms with E-state index in [1.807, 2.05) is 38.1 Å². The molecule has 0 aromatic heterocycles. The summed E-state index contributed by atoms with van der Waals surface area (Å²) in [6, 6.07) is 7.70. The molecule has 1 rings (SSSR count). The molecule has 2 atom stereocenters. The predicted octanol–water partition coefficient (Wildman–Crippen LogP) is 2.32. The Morgan fingerprint density at radius 1 is 1.30 bits per heavy atom. The topological polar surface area (TPSA) is 58.6 Å². The zero-order valence-corrected chi connectivity index (χ0v) is 12.7. The van der Waals surface area contributed by atoms with Crippen LogP contribution in [0.3, 0.4) is 0 Å². The van der Waals surface area contributed by atoms with Crippen molar-refractivity contribution in [3.8, 4) is 5.75 Å². The lowest BCUT2D eigenvalue weighted by atomic mass is 10.0. The van der Waals surface area contributed by atoms with Gasteiger partial charge in [-0.05, 0) is 36.5 Å². The summed E-state index contributed by atoms with van der Waals surface area (Å²) in [5.41, 5.74) is 1.19. The van der Waals surface area contributed by atoms with E-state index >= 15 is 0 Å². The number of aliphatic hydroxyl groups excluding tert-OH is 1. The first-order valence-corrected chi connectivity index (χ1v) is 7.07. The van der Waals surface area contributed by atoms with Crippen LogP contribution in [-0.4, -0.2) is 30.3 Å². The second-order valence-electron chi connectivity index (χ2n) is 5.53. The molecular weight excluding hydrogens is 254 g/mol. The predicted molar refractivity (Wildman–Crippen MR) is 79.9 cm³/mol. The first-order valence-electron chi connectivity index (χ1n) is 7.07. The van der Waals surface area contributed by atoms with Crippen LogP contribution in [0.1, 0.15) is 39.2 Å². The molecule has 0 spiro atoms. The highest BCUT2D eigenvalue weighted by Crippen LogP contribution is 2.19. The normalized spacial score (nSPS) is 13.9. The van der Waals surface area contributed by atoms with Gasteiger partial charge in [-0.1, -0.05) is 32.9 Å². The molecule has 1 aromatic rings. The highest BCUT2D eigenvalue weighted by Gasteiger charge is 2.14. The Morgan fingerprint density at radius 2 is 2.00 bits per heavy atom. The number of hydrogen-bond donors (Lipinski definition) is 2. The molecule has 1 aromatic carbocycles. The van der Waals surface area contributed by atoms with Crippen LogP contribution >= 0.6 is 0 Å². The molecule has 2 unspecified atom stereocenters. The van der Waals surface area contributed by atoms with Crippen LogP contribution in [0.5, 0.6) is 5.75 Å². The summed E-state index contributed by atoms with van der Waals surface area (Å²) in [6.07, 6.45) is 0. The smallest absolute Gasteiger partial charge is 0.258 e. The van der Waals surface area contributed by atoms with Gasteiger partial charge in [0.15, 0.2) is 6.61 Å². The second kappa shape index (κ2) is 7.90. The first-order chi connectivity index (χ1) is 9.43. The molecule has 0 radical (unpaired) electrons. The molecule has 0 fully saturated rings. The van der Waals surface area contributed by atoms with Crippen molar-refractivity contribution in [1.29, 1.82) is 0 Å². The summed E-state index contributed by atoms with van der Waals surface area (Å²) >= 11 is 0. The van der Waals surface area contributed by atoms with Gasteiger partial charge < -0.3 is 15.2 Å². The Kier molecular flexibility index (Phi) is 6.52. The number of rotatable bonds is 7. The van der Waals surface area contributed by atoms with Crippen LogP contribution in [0.4, 0.5) is 0 Å². The summed E-state index contributed by atoms with van der Waals surface area (Å²) in [6.45, 7) is 8.03. The van der Waals surface area contributed by atoms with Gasteiger partial charge in [-0.2, -0.15) is 0 Å². The molecule has 4 nitrogen and oxygen atoms in total. The molecule has 0 aliphatic carbocycles. The molecule has 1 amide bonds.